The second-order valence-corrected chi connectivity index (χ2v) is 5.49. The van der Waals surface area contributed by atoms with E-state index in [-0.39, 0.29) is 0 Å². The Morgan fingerprint density at radius 1 is 1.35 bits per heavy atom. The summed E-state index contributed by atoms with van der Waals surface area (Å²) in [6.07, 6.45) is 5.02. The van der Waals surface area contributed by atoms with Gasteiger partial charge in [0.2, 0.25) is 0 Å². The van der Waals surface area contributed by atoms with Crippen molar-refractivity contribution in [1.29, 1.82) is 0 Å². The molecule has 1 fully saturated rings. The van der Waals surface area contributed by atoms with Crippen molar-refractivity contribution < 1.29 is 0 Å². The highest BCUT2D eigenvalue weighted by Gasteiger charge is 2.15. The van der Waals surface area contributed by atoms with Gasteiger partial charge in [-0.05, 0) is 47.3 Å². The molecule has 1 aliphatic heterocycles. The first kappa shape index (κ1) is 11.2. The fourth-order valence-electron chi connectivity index (χ4n) is 2.59. The molecule has 1 unspecified atom stereocenters. The molecule has 3 rings (SSSR count). The summed E-state index contributed by atoms with van der Waals surface area (Å²) in [4.78, 5) is 0. The van der Waals surface area contributed by atoms with Crippen LogP contribution in [0.4, 0.5) is 0 Å². The molecule has 0 amide bonds. The number of para-hydroxylation sites is 1. The number of piperidine rings is 1. The molecular formula is C13H16BrN3. The number of aromatic nitrogens is 2. The first-order valence-corrected chi connectivity index (χ1v) is 6.99. The Bertz CT molecular complexity index is 514. The van der Waals surface area contributed by atoms with Crippen LogP contribution in [0, 0.1) is 0 Å². The van der Waals surface area contributed by atoms with E-state index in [9.17, 15) is 0 Å². The molecule has 2 heterocycles. The molecule has 2 aromatic rings. The molecule has 2 N–H and O–H groups in total. The van der Waals surface area contributed by atoms with Gasteiger partial charge in [-0.25, -0.2) is 0 Å². The maximum absolute atomic E-state index is 4.38. The van der Waals surface area contributed by atoms with E-state index >= 15 is 0 Å². The number of nitrogens with one attached hydrogen (secondary N) is 2. The Hall–Kier alpha value is -0.870. The van der Waals surface area contributed by atoms with E-state index in [1.165, 1.54) is 30.2 Å². The fraction of sp³-hybridized carbons (Fsp3) is 0.462. The van der Waals surface area contributed by atoms with Crippen LogP contribution in [0.1, 0.15) is 24.8 Å². The smallest absolute Gasteiger partial charge is 0.108 e. The molecule has 1 aromatic carbocycles. The van der Waals surface area contributed by atoms with Crippen LogP contribution in [0.3, 0.4) is 0 Å². The lowest BCUT2D eigenvalue weighted by Gasteiger charge is -2.23. The summed E-state index contributed by atoms with van der Waals surface area (Å²) >= 11 is 3.49. The van der Waals surface area contributed by atoms with Gasteiger partial charge in [-0.15, -0.1) is 0 Å². The Balaban J connectivity index is 1.89. The third-order valence-electron chi connectivity index (χ3n) is 3.50. The van der Waals surface area contributed by atoms with Crippen LogP contribution in [0.15, 0.2) is 22.8 Å². The van der Waals surface area contributed by atoms with Gasteiger partial charge in [0, 0.05) is 11.4 Å². The Morgan fingerprint density at radius 2 is 2.29 bits per heavy atom. The van der Waals surface area contributed by atoms with Crippen molar-refractivity contribution >= 4 is 26.8 Å². The minimum absolute atomic E-state index is 0.616. The second kappa shape index (κ2) is 4.78. The summed E-state index contributed by atoms with van der Waals surface area (Å²) in [5.74, 6) is 0. The van der Waals surface area contributed by atoms with Crippen LogP contribution in [-0.4, -0.2) is 22.8 Å². The fourth-order valence-corrected chi connectivity index (χ4v) is 3.00. The van der Waals surface area contributed by atoms with E-state index in [0.29, 0.717) is 6.04 Å². The van der Waals surface area contributed by atoms with Crippen LogP contribution in [0.5, 0.6) is 0 Å². The van der Waals surface area contributed by atoms with E-state index in [1.54, 1.807) is 0 Å². The zero-order valence-electron chi connectivity index (χ0n) is 9.67. The standard InChI is InChI=1S/C13H16BrN3/c14-13-11-6-3-4-9(12(11)16-17-13)8-10-5-1-2-7-15-10/h3-4,6,10,15H,1-2,5,7-8H2,(H,16,17). The molecule has 1 saturated heterocycles. The van der Waals surface area contributed by atoms with Crippen molar-refractivity contribution in [1.82, 2.24) is 15.5 Å². The average Bonchev–Trinajstić information content (AvgIpc) is 2.74. The first-order chi connectivity index (χ1) is 8.34. The third kappa shape index (κ3) is 2.24. The van der Waals surface area contributed by atoms with Crippen LogP contribution in [0.25, 0.3) is 10.9 Å². The number of aromatic amines is 1. The molecule has 0 radical (unpaired) electrons. The molecule has 0 bridgehead atoms. The van der Waals surface area contributed by atoms with Gasteiger partial charge < -0.3 is 5.32 Å². The summed E-state index contributed by atoms with van der Waals surface area (Å²) in [5.41, 5.74) is 2.44. The molecule has 1 aromatic heterocycles. The minimum Gasteiger partial charge on any atom is -0.314 e. The Morgan fingerprint density at radius 3 is 3.12 bits per heavy atom. The van der Waals surface area contributed by atoms with E-state index in [2.05, 4.69) is 49.6 Å². The predicted molar refractivity (Wildman–Crippen MR) is 73.1 cm³/mol. The number of hydrogen-bond donors (Lipinski definition) is 2. The number of nitrogens with zero attached hydrogens (tertiary/aromatic N) is 1. The minimum atomic E-state index is 0.616. The highest BCUT2D eigenvalue weighted by atomic mass is 79.9. The van der Waals surface area contributed by atoms with Crippen molar-refractivity contribution in [3.63, 3.8) is 0 Å². The first-order valence-electron chi connectivity index (χ1n) is 6.19. The number of benzene rings is 1. The van der Waals surface area contributed by atoms with Crippen molar-refractivity contribution in [2.24, 2.45) is 0 Å². The lowest BCUT2D eigenvalue weighted by molar-refractivity contribution is 0.400. The van der Waals surface area contributed by atoms with Gasteiger partial charge in [-0.1, -0.05) is 24.6 Å². The van der Waals surface area contributed by atoms with E-state index in [1.807, 2.05) is 0 Å². The molecule has 0 spiro atoms. The quantitative estimate of drug-likeness (QED) is 0.894. The van der Waals surface area contributed by atoms with Gasteiger partial charge in [0.1, 0.15) is 4.60 Å². The van der Waals surface area contributed by atoms with Crippen LogP contribution in [0.2, 0.25) is 0 Å². The van der Waals surface area contributed by atoms with E-state index in [0.717, 1.165) is 23.1 Å². The number of halogens is 1. The summed E-state index contributed by atoms with van der Waals surface area (Å²) < 4.78 is 0.978. The van der Waals surface area contributed by atoms with Crippen molar-refractivity contribution in [3.8, 4) is 0 Å². The molecular weight excluding hydrogens is 278 g/mol. The number of H-pyrrole nitrogens is 1. The summed E-state index contributed by atoms with van der Waals surface area (Å²) in [6.45, 7) is 1.16. The molecule has 90 valence electrons. The summed E-state index contributed by atoms with van der Waals surface area (Å²) in [6, 6.07) is 7.01. The van der Waals surface area contributed by atoms with Crippen molar-refractivity contribution in [2.45, 2.75) is 31.7 Å². The highest BCUT2D eigenvalue weighted by molar-refractivity contribution is 9.10. The molecule has 0 saturated carbocycles. The van der Waals surface area contributed by atoms with Gasteiger partial charge in [-0.3, -0.25) is 5.10 Å². The van der Waals surface area contributed by atoms with Gasteiger partial charge in [0.25, 0.3) is 0 Å². The number of rotatable bonds is 2. The van der Waals surface area contributed by atoms with Gasteiger partial charge in [0.15, 0.2) is 0 Å². The largest absolute Gasteiger partial charge is 0.314 e. The Labute approximate surface area is 109 Å². The van der Waals surface area contributed by atoms with Crippen molar-refractivity contribution in [2.75, 3.05) is 6.54 Å². The lowest BCUT2D eigenvalue weighted by Crippen LogP contribution is -2.35. The average molecular weight is 294 g/mol. The maximum Gasteiger partial charge on any atom is 0.108 e. The zero-order valence-corrected chi connectivity index (χ0v) is 11.3. The number of fused-ring (bicyclic) bond motifs is 1. The summed E-state index contributed by atoms with van der Waals surface area (Å²) in [5, 5.41) is 12.2. The number of hydrogen-bond acceptors (Lipinski definition) is 2. The lowest BCUT2D eigenvalue weighted by atomic mass is 9.97. The SMILES string of the molecule is Brc1[nH]nc2c(CC3CCCCN3)cccc12. The topological polar surface area (TPSA) is 40.7 Å². The molecule has 4 heteroatoms. The second-order valence-electron chi connectivity index (χ2n) is 4.70. The molecule has 1 atom stereocenters. The van der Waals surface area contributed by atoms with Gasteiger partial charge >= 0.3 is 0 Å². The molecule has 17 heavy (non-hydrogen) atoms. The predicted octanol–water partition coefficient (Wildman–Crippen LogP) is 3.01. The normalized spacial score (nSPS) is 20.9. The van der Waals surface area contributed by atoms with E-state index in [4.69, 9.17) is 0 Å². The van der Waals surface area contributed by atoms with Crippen LogP contribution >= 0.6 is 15.9 Å². The molecule has 0 aliphatic carbocycles. The zero-order chi connectivity index (χ0) is 11.7. The monoisotopic (exact) mass is 293 g/mol. The maximum atomic E-state index is 4.38. The van der Waals surface area contributed by atoms with E-state index < -0.39 is 0 Å². The van der Waals surface area contributed by atoms with Crippen molar-refractivity contribution in [3.05, 3.63) is 28.4 Å². The molecule has 1 aliphatic rings. The van der Waals surface area contributed by atoms with Gasteiger partial charge in [-0.2, -0.15) is 5.10 Å². The van der Waals surface area contributed by atoms with Gasteiger partial charge in [0.05, 0.1) is 5.52 Å². The highest BCUT2D eigenvalue weighted by Crippen LogP contribution is 2.25. The Kier molecular flexibility index (Phi) is 3.16. The van der Waals surface area contributed by atoms with Crippen LogP contribution in [-0.2, 0) is 6.42 Å². The molecule has 3 nitrogen and oxygen atoms in total. The van der Waals surface area contributed by atoms with Crippen LogP contribution < -0.4 is 5.32 Å². The summed E-state index contributed by atoms with van der Waals surface area (Å²) in [7, 11) is 0. The third-order valence-corrected chi connectivity index (χ3v) is 4.11.